The van der Waals surface area contributed by atoms with E-state index in [1.54, 1.807) is 0 Å². The van der Waals surface area contributed by atoms with Gasteiger partial charge in [0.15, 0.2) is 5.78 Å². The lowest BCUT2D eigenvalue weighted by Crippen LogP contribution is -2.20. The quantitative estimate of drug-likeness (QED) is 0.595. The molecule has 1 atom stereocenters. The summed E-state index contributed by atoms with van der Waals surface area (Å²) < 4.78 is 0. The highest BCUT2D eigenvalue weighted by Gasteiger charge is 2.21. The zero-order valence-corrected chi connectivity index (χ0v) is 8.10. The molecule has 1 aromatic carbocycles. The van der Waals surface area contributed by atoms with Crippen LogP contribution >= 0.6 is 0 Å². The minimum atomic E-state index is -1.15. The molecule has 4 heteroatoms. The van der Waals surface area contributed by atoms with Gasteiger partial charge in [-0.2, -0.15) is 5.26 Å². The van der Waals surface area contributed by atoms with Crippen LogP contribution in [0.2, 0.25) is 0 Å². The van der Waals surface area contributed by atoms with Crippen molar-refractivity contribution in [1.82, 2.24) is 0 Å². The fraction of sp³-hybridized carbons (Fsp3) is 0.182. The number of ketones is 1. The van der Waals surface area contributed by atoms with Crippen molar-refractivity contribution in [1.29, 1.82) is 5.26 Å². The Bertz CT molecular complexity index is 428. The van der Waals surface area contributed by atoms with Crippen molar-refractivity contribution in [2.75, 3.05) is 0 Å². The molecule has 76 valence electrons. The van der Waals surface area contributed by atoms with Crippen LogP contribution in [0.4, 0.5) is 0 Å². The second-order valence-electron chi connectivity index (χ2n) is 3.11. The molecule has 0 saturated carbocycles. The van der Waals surface area contributed by atoms with E-state index in [-0.39, 0.29) is 0 Å². The van der Waals surface area contributed by atoms with Crippen LogP contribution in [0.3, 0.4) is 0 Å². The second-order valence-corrected chi connectivity index (χ2v) is 3.11. The van der Waals surface area contributed by atoms with E-state index in [1.165, 1.54) is 31.2 Å². The van der Waals surface area contributed by atoms with Crippen molar-refractivity contribution in [3.8, 4) is 6.07 Å². The van der Waals surface area contributed by atoms with Crippen molar-refractivity contribution in [3.63, 3.8) is 0 Å². The van der Waals surface area contributed by atoms with Crippen molar-refractivity contribution in [3.05, 3.63) is 35.4 Å². The largest absolute Gasteiger partial charge is 0.481 e. The Morgan fingerprint density at radius 3 is 2.27 bits per heavy atom. The Balaban J connectivity index is 2.93. The van der Waals surface area contributed by atoms with E-state index in [2.05, 4.69) is 0 Å². The van der Waals surface area contributed by atoms with Crippen molar-refractivity contribution < 1.29 is 14.7 Å². The van der Waals surface area contributed by atoms with Crippen LogP contribution in [0, 0.1) is 17.2 Å². The van der Waals surface area contributed by atoms with E-state index in [1.807, 2.05) is 6.07 Å². The maximum absolute atomic E-state index is 11.5. The van der Waals surface area contributed by atoms with E-state index in [9.17, 15) is 9.59 Å². The lowest BCUT2D eigenvalue weighted by Gasteiger charge is -2.04. The van der Waals surface area contributed by atoms with E-state index in [4.69, 9.17) is 10.4 Å². The maximum Gasteiger partial charge on any atom is 0.314 e. The third-order valence-corrected chi connectivity index (χ3v) is 2.06. The Kier molecular flexibility index (Phi) is 3.19. The molecule has 0 heterocycles. The number of Topliss-reactive ketones (excluding diaryl/α,β-unsaturated/α-hetero) is 1. The minimum Gasteiger partial charge on any atom is -0.481 e. The van der Waals surface area contributed by atoms with Gasteiger partial charge in [0.25, 0.3) is 0 Å². The highest BCUT2D eigenvalue weighted by Crippen LogP contribution is 2.10. The Hall–Kier alpha value is -2.15. The molecule has 0 saturated heterocycles. The fourth-order valence-electron chi connectivity index (χ4n) is 1.07. The number of benzene rings is 1. The Morgan fingerprint density at radius 1 is 1.33 bits per heavy atom. The smallest absolute Gasteiger partial charge is 0.314 e. The van der Waals surface area contributed by atoms with Crippen LogP contribution < -0.4 is 0 Å². The molecule has 0 aliphatic carbocycles. The number of hydrogen-bond donors (Lipinski definition) is 1. The summed E-state index contributed by atoms with van der Waals surface area (Å²) in [4.78, 5) is 22.1. The number of nitrogens with zero attached hydrogens (tertiary/aromatic N) is 1. The molecule has 0 radical (unpaired) electrons. The standard InChI is InChI=1S/C11H9NO3/c1-7(11(14)15)10(13)9-4-2-8(6-12)3-5-9/h2-5,7H,1H3,(H,14,15). The van der Waals surface area contributed by atoms with E-state index >= 15 is 0 Å². The molecule has 0 aliphatic rings. The molecule has 0 amide bonds. The molecular weight excluding hydrogens is 194 g/mol. The lowest BCUT2D eigenvalue weighted by atomic mass is 9.99. The summed E-state index contributed by atoms with van der Waals surface area (Å²) in [5, 5.41) is 17.2. The molecular formula is C11H9NO3. The minimum absolute atomic E-state index is 0.309. The Labute approximate surface area is 86.8 Å². The van der Waals surface area contributed by atoms with Crippen molar-refractivity contribution in [2.24, 2.45) is 5.92 Å². The molecule has 1 unspecified atom stereocenters. The summed E-state index contributed by atoms with van der Waals surface area (Å²) in [7, 11) is 0. The van der Waals surface area contributed by atoms with Crippen molar-refractivity contribution >= 4 is 11.8 Å². The predicted molar refractivity (Wildman–Crippen MR) is 52.3 cm³/mol. The Morgan fingerprint density at radius 2 is 1.87 bits per heavy atom. The third-order valence-electron chi connectivity index (χ3n) is 2.06. The van der Waals surface area contributed by atoms with Crippen LogP contribution in [-0.2, 0) is 4.79 Å². The molecule has 1 aromatic rings. The number of carboxylic acids is 1. The maximum atomic E-state index is 11.5. The predicted octanol–water partition coefficient (Wildman–Crippen LogP) is 1.46. The van der Waals surface area contributed by atoms with E-state index in [0.29, 0.717) is 11.1 Å². The summed E-state index contributed by atoms with van der Waals surface area (Å²) in [6.07, 6.45) is 0. The highest BCUT2D eigenvalue weighted by atomic mass is 16.4. The first-order valence-corrected chi connectivity index (χ1v) is 4.33. The number of nitriles is 1. The van der Waals surface area contributed by atoms with Gasteiger partial charge in [-0.1, -0.05) is 12.1 Å². The number of carbonyl (C=O) groups excluding carboxylic acids is 1. The second kappa shape index (κ2) is 4.38. The number of carboxylic acid groups (broad SMARTS) is 1. The van der Waals surface area contributed by atoms with Gasteiger partial charge in [0.1, 0.15) is 5.92 Å². The molecule has 15 heavy (non-hydrogen) atoms. The number of aliphatic carboxylic acids is 1. The summed E-state index contributed by atoms with van der Waals surface area (Å²) in [5.74, 6) is -2.66. The average Bonchev–Trinajstić information content (AvgIpc) is 2.27. The van der Waals surface area contributed by atoms with Gasteiger partial charge >= 0.3 is 5.97 Å². The zero-order valence-electron chi connectivity index (χ0n) is 8.10. The van der Waals surface area contributed by atoms with E-state index < -0.39 is 17.7 Å². The molecule has 0 fully saturated rings. The van der Waals surface area contributed by atoms with Gasteiger partial charge in [-0.25, -0.2) is 0 Å². The first-order chi connectivity index (χ1) is 7.06. The number of carbonyl (C=O) groups is 2. The van der Waals surface area contributed by atoms with Gasteiger partial charge in [0.2, 0.25) is 0 Å². The normalized spacial score (nSPS) is 11.5. The fourth-order valence-corrected chi connectivity index (χ4v) is 1.07. The number of rotatable bonds is 3. The molecule has 0 aromatic heterocycles. The van der Waals surface area contributed by atoms with Gasteiger partial charge in [0, 0.05) is 5.56 Å². The van der Waals surface area contributed by atoms with E-state index in [0.717, 1.165) is 0 Å². The molecule has 0 spiro atoms. The summed E-state index contributed by atoms with van der Waals surface area (Å²) in [5.41, 5.74) is 0.749. The van der Waals surface area contributed by atoms with Gasteiger partial charge in [0.05, 0.1) is 11.6 Å². The zero-order chi connectivity index (χ0) is 11.4. The highest BCUT2D eigenvalue weighted by molar-refractivity contribution is 6.07. The summed E-state index contributed by atoms with van der Waals surface area (Å²) >= 11 is 0. The third kappa shape index (κ3) is 2.41. The van der Waals surface area contributed by atoms with Crippen LogP contribution in [0.25, 0.3) is 0 Å². The monoisotopic (exact) mass is 203 g/mol. The van der Waals surface area contributed by atoms with Gasteiger partial charge in [-0.15, -0.1) is 0 Å². The first-order valence-electron chi connectivity index (χ1n) is 4.33. The lowest BCUT2D eigenvalue weighted by molar-refractivity contribution is -0.139. The van der Waals surface area contributed by atoms with Crippen LogP contribution in [-0.4, -0.2) is 16.9 Å². The summed E-state index contributed by atoms with van der Waals surface area (Å²) in [6.45, 7) is 1.34. The van der Waals surface area contributed by atoms with Crippen molar-refractivity contribution in [2.45, 2.75) is 6.92 Å². The topological polar surface area (TPSA) is 78.2 Å². The van der Waals surface area contributed by atoms with Crippen LogP contribution in [0.15, 0.2) is 24.3 Å². The SMILES string of the molecule is CC(C(=O)O)C(=O)c1ccc(C#N)cc1. The molecule has 4 nitrogen and oxygen atoms in total. The summed E-state index contributed by atoms with van der Waals surface area (Å²) in [6, 6.07) is 7.81. The van der Waals surface area contributed by atoms with Gasteiger partial charge in [-0.3, -0.25) is 9.59 Å². The van der Waals surface area contributed by atoms with Gasteiger partial charge in [-0.05, 0) is 19.1 Å². The van der Waals surface area contributed by atoms with Crippen LogP contribution in [0.1, 0.15) is 22.8 Å². The molecule has 0 aliphatic heterocycles. The molecule has 1 N–H and O–H groups in total. The molecule has 1 rings (SSSR count). The average molecular weight is 203 g/mol. The van der Waals surface area contributed by atoms with Gasteiger partial charge < -0.3 is 5.11 Å². The number of hydrogen-bond acceptors (Lipinski definition) is 3. The molecule has 0 bridgehead atoms. The van der Waals surface area contributed by atoms with Crippen LogP contribution in [0.5, 0.6) is 0 Å². The first kappa shape index (κ1) is 10.9.